The van der Waals surface area contributed by atoms with Crippen molar-refractivity contribution in [3.05, 3.63) is 53.1 Å². The van der Waals surface area contributed by atoms with Gasteiger partial charge in [0.25, 0.3) is 6.43 Å². The monoisotopic (exact) mass is 472 g/mol. The zero-order chi connectivity index (χ0) is 23.8. The Labute approximate surface area is 195 Å². The Balaban J connectivity index is 1.40. The van der Waals surface area contributed by atoms with E-state index in [-0.39, 0.29) is 5.56 Å². The fourth-order valence-electron chi connectivity index (χ4n) is 4.56. The van der Waals surface area contributed by atoms with Gasteiger partial charge >= 0.3 is 0 Å². The van der Waals surface area contributed by atoms with Crippen LogP contribution in [0.5, 0.6) is 0 Å². The van der Waals surface area contributed by atoms with Crippen LogP contribution in [0.15, 0.2) is 30.5 Å². The van der Waals surface area contributed by atoms with E-state index in [1.54, 1.807) is 6.92 Å². The lowest BCUT2D eigenvalue weighted by molar-refractivity contribution is -0.0660. The quantitative estimate of drug-likeness (QED) is 0.579. The van der Waals surface area contributed by atoms with Crippen LogP contribution in [0.1, 0.15) is 36.2 Å². The molecule has 3 aromatic rings. The summed E-state index contributed by atoms with van der Waals surface area (Å²) in [6.45, 7) is 8.84. The Bertz CT molecular complexity index is 1180. The van der Waals surface area contributed by atoms with Gasteiger partial charge in [-0.1, -0.05) is 18.2 Å². The van der Waals surface area contributed by atoms with Crippen molar-refractivity contribution in [2.24, 2.45) is 0 Å². The van der Waals surface area contributed by atoms with E-state index in [0.717, 1.165) is 56.5 Å². The van der Waals surface area contributed by atoms with Gasteiger partial charge in [0.15, 0.2) is 5.82 Å². The molecule has 2 aromatic heterocycles. The maximum Gasteiger partial charge on any atom is 0.266 e. The Hall–Kier alpha value is -2.98. The number of alkyl halides is 2. The van der Waals surface area contributed by atoms with Crippen LogP contribution in [0.2, 0.25) is 0 Å². The number of benzene rings is 1. The van der Waals surface area contributed by atoms with Crippen LogP contribution in [0.3, 0.4) is 0 Å². The van der Waals surface area contributed by atoms with Crippen molar-refractivity contribution < 1.29 is 17.9 Å². The molecule has 0 spiro atoms. The zero-order valence-electron chi connectivity index (χ0n) is 19.1. The first-order valence-electron chi connectivity index (χ1n) is 11.4. The summed E-state index contributed by atoms with van der Waals surface area (Å²) < 4.78 is 46.3. The summed E-state index contributed by atoms with van der Waals surface area (Å²) in [6, 6.07) is 5.98. The molecule has 1 atom stereocenters. The fraction of sp³-hybridized carbons (Fsp3) is 0.458. The molecule has 10 heteroatoms. The van der Waals surface area contributed by atoms with Crippen LogP contribution in [-0.4, -0.2) is 65.5 Å². The zero-order valence-corrected chi connectivity index (χ0v) is 19.1. The van der Waals surface area contributed by atoms with Crippen LogP contribution in [0.25, 0.3) is 10.9 Å². The minimum absolute atomic E-state index is 0.147. The Morgan fingerprint density at radius 2 is 1.82 bits per heavy atom. The molecule has 5 rings (SSSR count). The topological polar surface area (TPSA) is 66.4 Å². The maximum atomic E-state index is 14.7. The van der Waals surface area contributed by atoms with E-state index in [4.69, 9.17) is 4.74 Å². The second-order valence-corrected chi connectivity index (χ2v) is 8.86. The highest BCUT2D eigenvalue weighted by molar-refractivity contribution is 5.92. The van der Waals surface area contributed by atoms with Gasteiger partial charge in [-0.3, -0.25) is 9.88 Å². The average molecular weight is 473 g/mol. The summed E-state index contributed by atoms with van der Waals surface area (Å²) in [4.78, 5) is 9.39. The molecule has 2 aliphatic heterocycles. The summed E-state index contributed by atoms with van der Waals surface area (Å²) in [7, 11) is 0. The fourth-order valence-corrected chi connectivity index (χ4v) is 4.56. The number of aryl methyl sites for hydroxylation is 1. The number of pyridine rings is 1. The first kappa shape index (κ1) is 22.8. The van der Waals surface area contributed by atoms with Crippen molar-refractivity contribution in [2.45, 2.75) is 32.4 Å². The normalized spacial score (nSPS) is 18.4. The molecule has 2 saturated heterocycles. The molecule has 0 aliphatic carbocycles. The molecule has 7 nitrogen and oxygen atoms in total. The average Bonchev–Trinajstić information content (AvgIpc) is 2.80. The second-order valence-electron chi connectivity index (χ2n) is 8.86. The van der Waals surface area contributed by atoms with Gasteiger partial charge in [0.05, 0.1) is 54.0 Å². The lowest BCUT2D eigenvalue weighted by Gasteiger charge is -2.43. The number of hydrogen-bond donors (Lipinski definition) is 1. The van der Waals surface area contributed by atoms with Crippen LogP contribution < -0.4 is 10.2 Å². The van der Waals surface area contributed by atoms with E-state index in [1.165, 1.54) is 12.1 Å². The summed E-state index contributed by atoms with van der Waals surface area (Å²) in [6.07, 6.45) is -1.03. The molecule has 0 bridgehead atoms. The molecule has 0 saturated carbocycles. The van der Waals surface area contributed by atoms with Gasteiger partial charge < -0.3 is 15.0 Å². The van der Waals surface area contributed by atoms with Crippen molar-refractivity contribution in [1.29, 1.82) is 0 Å². The number of nitrogens with zero attached hydrogens (tertiary/aromatic N) is 5. The minimum Gasteiger partial charge on any atom is -0.378 e. The van der Waals surface area contributed by atoms with Crippen molar-refractivity contribution in [3.63, 3.8) is 0 Å². The number of anilines is 2. The van der Waals surface area contributed by atoms with Crippen LogP contribution in [0, 0.1) is 12.7 Å². The highest BCUT2D eigenvalue weighted by Gasteiger charge is 2.29. The predicted molar refractivity (Wildman–Crippen MR) is 124 cm³/mol. The van der Waals surface area contributed by atoms with Gasteiger partial charge in [-0.25, -0.2) is 13.2 Å². The van der Waals surface area contributed by atoms with Crippen molar-refractivity contribution >= 4 is 22.4 Å². The first-order valence-corrected chi connectivity index (χ1v) is 11.4. The number of aromatic nitrogens is 3. The van der Waals surface area contributed by atoms with Gasteiger partial charge in [-0.2, -0.15) is 5.10 Å². The largest absolute Gasteiger partial charge is 0.378 e. The summed E-state index contributed by atoms with van der Waals surface area (Å²) >= 11 is 0. The molecule has 2 aliphatic rings. The molecule has 0 amide bonds. The number of fused-ring (bicyclic) bond motifs is 1. The molecule has 1 aromatic carbocycles. The third kappa shape index (κ3) is 4.27. The lowest BCUT2D eigenvalue weighted by Crippen LogP contribution is -2.56. The van der Waals surface area contributed by atoms with Crippen molar-refractivity contribution in [1.82, 2.24) is 20.1 Å². The van der Waals surface area contributed by atoms with Gasteiger partial charge in [0.2, 0.25) is 0 Å². The van der Waals surface area contributed by atoms with E-state index < -0.39 is 23.8 Å². The van der Waals surface area contributed by atoms with Crippen LogP contribution in [-0.2, 0) is 4.74 Å². The van der Waals surface area contributed by atoms with E-state index in [0.29, 0.717) is 23.1 Å². The molecule has 34 heavy (non-hydrogen) atoms. The van der Waals surface area contributed by atoms with E-state index >= 15 is 0 Å². The molecular weight excluding hydrogens is 445 g/mol. The standard InChI is InChI=1S/C24H27F3N6O/c1-14(18-4-3-5-19(21(18)25)23(26)27)29-24-20-10-16(11-28-22(20)15(2)30-31-24)32-6-8-33(9-7-32)17-12-34-13-17/h3-5,10-11,14,17,23H,6-9,12-13H2,1-2H3,(H,29,31). The van der Waals surface area contributed by atoms with Crippen LogP contribution >= 0.6 is 0 Å². The van der Waals surface area contributed by atoms with Gasteiger partial charge in [-0.05, 0) is 19.9 Å². The van der Waals surface area contributed by atoms with E-state index in [1.807, 2.05) is 19.2 Å². The molecule has 180 valence electrons. The smallest absolute Gasteiger partial charge is 0.266 e. The van der Waals surface area contributed by atoms with E-state index in [2.05, 4.69) is 30.3 Å². The Morgan fingerprint density at radius 3 is 2.50 bits per heavy atom. The van der Waals surface area contributed by atoms with Gasteiger partial charge in [-0.15, -0.1) is 5.10 Å². The lowest BCUT2D eigenvalue weighted by atomic mass is 10.0. The number of halogens is 3. The second kappa shape index (κ2) is 9.34. The molecule has 1 N–H and O–H groups in total. The number of nitrogens with one attached hydrogen (secondary N) is 1. The summed E-state index contributed by atoms with van der Waals surface area (Å²) in [5, 5.41) is 12.4. The van der Waals surface area contributed by atoms with Gasteiger partial charge in [0.1, 0.15) is 5.82 Å². The summed E-state index contributed by atoms with van der Waals surface area (Å²) in [5.41, 5.74) is 1.89. The maximum absolute atomic E-state index is 14.7. The molecule has 0 radical (unpaired) electrons. The van der Waals surface area contributed by atoms with Gasteiger partial charge in [0, 0.05) is 37.1 Å². The predicted octanol–water partition coefficient (Wildman–Crippen LogP) is 4.10. The molecular formula is C24H27F3N6O. The number of ether oxygens (including phenoxy) is 1. The number of rotatable bonds is 6. The molecule has 1 unspecified atom stereocenters. The molecule has 2 fully saturated rings. The third-order valence-corrected chi connectivity index (χ3v) is 6.70. The summed E-state index contributed by atoms with van der Waals surface area (Å²) in [5.74, 6) is -0.468. The highest BCUT2D eigenvalue weighted by Crippen LogP contribution is 2.32. The van der Waals surface area contributed by atoms with E-state index in [9.17, 15) is 13.2 Å². The Morgan fingerprint density at radius 1 is 1.09 bits per heavy atom. The minimum atomic E-state index is -2.88. The van der Waals surface area contributed by atoms with Crippen molar-refractivity contribution in [2.75, 3.05) is 49.6 Å². The SMILES string of the molecule is Cc1nnc(NC(C)c2cccc(C(F)F)c2F)c2cc(N3CCN(C4COC4)CC3)cnc12. The van der Waals surface area contributed by atoms with Crippen LogP contribution in [0.4, 0.5) is 24.7 Å². The van der Waals surface area contributed by atoms with Crippen molar-refractivity contribution in [3.8, 4) is 0 Å². The first-order chi connectivity index (χ1) is 16.4. The Kier molecular flexibility index (Phi) is 6.26. The number of hydrogen-bond acceptors (Lipinski definition) is 7. The number of piperazine rings is 1. The highest BCUT2D eigenvalue weighted by atomic mass is 19.3. The molecule has 4 heterocycles. The third-order valence-electron chi connectivity index (χ3n) is 6.70.